The van der Waals surface area contributed by atoms with Crippen LogP contribution in [0.1, 0.15) is 18.9 Å². The lowest BCUT2D eigenvalue weighted by molar-refractivity contribution is -0.0263. The van der Waals surface area contributed by atoms with Gasteiger partial charge in [0.05, 0.1) is 11.1 Å². The second-order valence-corrected chi connectivity index (χ2v) is 5.09. The minimum atomic E-state index is -0.866. The Hall–Kier alpha value is -0.680. The quantitative estimate of drug-likeness (QED) is 0.883. The second-order valence-electron chi connectivity index (χ2n) is 4.68. The van der Waals surface area contributed by atoms with E-state index in [1.807, 2.05) is 6.92 Å². The fourth-order valence-corrected chi connectivity index (χ4v) is 2.30. The average Bonchev–Trinajstić information content (AvgIpc) is 2.65. The van der Waals surface area contributed by atoms with Crippen LogP contribution in [0.3, 0.4) is 0 Å². The number of hydrogen-bond acceptors (Lipinski definition) is 3. The number of benzene rings is 1. The number of ether oxygens (including phenoxy) is 1. The Balaban J connectivity index is 1.91. The van der Waals surface area contributed by atoms with Gasteiger partial charge < -0.3 is 15.2 Å². The molecule has 1 aromatic carbocycles. The molecule has 1 fully saturated rings. The van der Waals surface area contributed by atoms with Crippen LogP contribution in [0.15, 0.2) is 18.2 Å². The van der Waals surface area contributed by atoms with E-state index in [-0.39, 0.29) is 11.1 Å². The Labute approximate surface area is 111 Å². The van der Waals surface area contributed by atoms with Crippen LogP contribution in [0.5, 0.6) is 0 Å². The summed E-state index contributed by atoms with van der Waals surface area (Å²) in [7, 11) is 0. The normalized spacial score (nSPS) is 27.7. The molecule has 0 spiro atoms. The van der Waals surface area contributed by atoms with Crippen LogP contribution < -0.4 is 5.32 Å². The maximum Gasteiger partial charge on any atom is 0.146 e. The number of hydrogen-bond donors (Lipinski definition) is 2. The molecule has 1 aromatic rings. The lowest BCUT2D eigenvalue weighted by Crippen LogP contribution is -2.45. The van der Waals surface area contributed by atoms with Crippen molar-refractivity contribution in [1.82, 2.24) is 5.32 Å². The van der Waals surface area contributed by atoms with Gasteiger partial charge in [-0.05, 0) is 13.0 Å². The largest absolute Gasteiger partial charge is 0.386 e. The summed E-state index contributed by atoms with van der Waals surface area (Å²) in [6.07, 6.45) is 0.397. The summed E-state index contributed by atoms with van der Waals surface area (Å²) in [6.45, 7) is 3.11. The van der Waals surface area contributed by atoms with E-state index in [1.165, 1.54) is 6.07 Å². The number of aliphatic hydroxyl groups is 1. The van der Waals surface area contributed by atoms with Crippen molar-refractivity contribution in [1.29, 1.82) is 0 Å². The minimum Gasteiger partial charge on any atom is -0.386 e. The van der Waals surface area contributed by atoms with E-state index >= 15 is 0 Å². The molecule has 0 aliphatic carbocycles. The zero-order valence-corrected chi connectivity index (χ0v) is 11.0. The lowest BCUT2D eigenvalue weighted by atomic mass is 9.96. The van der Waals surface area contributed by atoms with Gasteiger partial charge in [-0.2, -0.15) is 0 Å². The summed E-state index contributed by atoms with van der Waals surface area (Å²) < 4.78 is 18.9. The highest BCUT2D eigenvalue weighted by atomic mass is 35.5. The molecule has 2 unspecified atom stereocenters. The Morgan fingerprint density at radius 2 is 2.39 bits per heavy atom. The van der Waals surface area contributed by atoms with Crippen LogP contribution in [0.2, 0.25) is 5.02 Å². The van der Waals surface area contributed by atoms with Crippen LogP contribution >= 0.6 is 11.6 Å². The lowest BCUT2D eigenvalue weighted by Gasteiger charge is -2.26. The van der Waals surface area contributed by atoms with Gasteiger partial charge in [0.15, 0.2) is 0 Å². The summed E-state index contributed by atoms with van der Waals surface area (Å²) in [5, 5.41) is 13.4. The Bertz CT molecular complexity index is 429. The number of rotatable bonds is 4. The third-order valence-corrected chi connectivity index (χ3v) is 3.73. The van der Waals surface area contributed by atoms with Crippen LogP contribution in [-0.2, 0) is 11.3 Å². The SMILES string of the molecule is CC1OCCC1(O)CNCc1cccc(Cl)c1F. The third kappa shape index (κ3) is 2.83. The molecule has 0 aromatic heterocycles. The molecule has 1 heterocycles. The molecule has 100 valence electrons. The van der Waals surface area contributed by atoms with Gasteiger partial charge in [0, 0.05) is 31.7 Å². The van der Waals surface area contributed by atoms with Crippen molar-refractivity contribution in [2.75, 3.05) is 13.2 Å². The van der Waals surface area contributed by atoms with Gasteiger partial charge in [0.1, 0.15) is 11.4 Å². The van der Waals surface area contributed by atoms with Gasteiger partial charge >= 0.3 is 0 Å². The summed E-state index contributed by atoms with van der Waals surface area (Å²) in [6, 6.07) is 4.89. The number of nitrogens with one attached hydrogen (secondary N) is 1. The summed E-state index contributed by atoms with van der Waals surface area (Å²) in [5.41, 5.74) is -0.368. The molecule has 1 aliphatic rings. The molecule has 2 N–H and O–H groups in total. The highest BCUT2D eigenvalue weighted by molar-refractivity contribution is 6.30. The molecular formula is C13H17ClFNO2. The first-order valence-electron chi connectivity index (χ1n) is 6.00. The van der Waals surface area contributed by atoms with Gasteiger partial charge in [-0.1, -0.05) is 23.7 Å². The van der Waals surface area contributed by atoms with Crippen molar-refractivity contribution in [2.45, 2.75) is 31.6 Å². The average molecular weight is 274 g/mol. The Morgan fingerprint density at radius 3 is 3.06 bits per heavy atom. The van der Waals surface area contributed by atoms with Gasteiger partial charge in [0.2, 0.25) is 0 Å². The zero-order valence-electron chi connectivity index (χ0n) is 10.2. The molecule has 2 atom stereocenters. The zero-order chi connectivity index (χ0) is 13.2. The van der Waals surface area contributed by atoms with Crippen LogP contribution in [-0.4, -0.2) is 30.0 Å². The maximum absolute atomic E-state index is 13.6. The smallest absolute Gasteiger partial charge is 0.146 e. The van der Waals surface area contributed by atoms with Crippen molar-refractivity contribution in [3.05, 3.63) is 34.6 Å². The molecule has 18 heavy (non-hydrogen) atoms. The van der Waals surface area contributed by atoms with Crippen LogP contribution in [0, 0.1) is 5.82 Å². The predicted octanol–water partition coefficient (Wildman–Crippen LogP) is 2.11. The standard InChI is InChI=1S/C13H17ClFNO2/c1-9-13(17,5-6-18-9)8-16-7-10-3-2-4-11(14)12(10)15/h2-4,9,16-17H,5-8H2,1H3. The second kappa shape index (κ2) is 5.53. The van der Waals surface area contributed by atoms with Gasteiger partial charge in [-0.3, -0.25) is 0 Å². The molecule has 0 saturated carbocycles. The monoisotopic (exact) mass is 273 g/mol. The van der Waals surface area contributed by atoms with E-state index in [1.54, 1.807) is 12.1 Å². The van der Waals surface area contributed by atoms with Crippen molar-refractivity contribution < 1.29 is 14.2 Å². The molecule has 2 rings (SSSR count). The minimum absolute atomic E-state index is 0.116. The Morgan fingerprint density at radius 1 is 1.61 bits per heavy atom. The Kier molecular flexibility index (Phi) is 4.22. The van der Waals surface area contributed by atoms with E-state index in [0.29, 0.717) is 31.7 Å². The summed E-state index contributed by atoms with van der Waals surface area (Å²) >= 11 is 5.70. The van der Waals surface area contributed by atoms with E-state index in [4.69, 9.17) is 16.3 Å². The predicted molar refractivity (Wildman–Crippen MR) is 68.1 cm³/mol. The van der Waals surface area contributed by atoms with Gasteiger partial charge in [0.25, 0.3) is 0 Å². The van der Waals surface area contributed by atoms with Crippen LogP contribution in [0.4, 0.5) is 4.39 Å². The molecule has 1 saturated heterocycles. The summed E-state index contributed by atoms with van der Waals surface area (Å²) in [5.74, 6) is -0.408. The van der Waals surface area contributed by atoms with Crippen molar-refractivity contribution >= 4 is 11.6 Å². The maximum atomic E-state index is 13.6. The fourth-order valence-electron chi connectivity index (χ4n) is 2.10. The molecule has 1 aliphatic heterocycles. The fraction of sp³-hybridized carbons (Fsp3) is 0.538. The highest BCUT2D eigenvalue weighted by Crippen LogP contribution is 2.25. The van der Waals surface area contributed by atoms with Gasteiger partial charge in [-0.25, -0.2) is 4.39 Å². The van der Waals surface area contributed by atoms with Crippen molar-refractivity contribution in [3.8, 4) is 0 Å². The molecular weight excluding hydrogens is 257 g/mol. The van der Waals surface area contributed by atoms with Crippen molar-refractivity contribution in [2.24, 2.45) is 0 Å². The first-order chi connectivity index (χ1) is 8.53. The highest BCUT2D eigenvalue weighted by Gasteiger charge is 2.38. The van der Waals surface area contributed by atoms with E-state index in [2.05, 4.69) is 5.32 Å². The molecule has 3 nitrogen and oxygen atoms in total. The summed E-state index contributed by atoms with van der Waals surface area (Å²) in [4.78, 5) is 0. The first-order valence-corrected chi connectivity index (χ1v) is 6.38. The number of halogens is 2. The van der Waals surface area contributed by atoms with Crippen LogP contribution in [0.25, 0.3) is 0 Å². The van der Waals surface area contributed by atoms with Gasteiger partial charge in [-0.15, -0.1) is 0 Å². The molecule has 0 bridgehead atoms. The molecule has 0 radical (unpaired) electrons. The molecule has 0 amide bonds. The first kappa shape index (κ1) is 13.7. The third-order valence-electron chi connectivity index (χ3n) is 3.44. The van der Waals surface area contributed by atoms with Crippen molar-refractivity contribution in [3.63, 3.8) is 0 Å². The van der Waals surface area contributed by atoms with E-state index in [9.17, 15) is 9.50 Å². The van der Waals surface area contributed by atoms with E-state index < -0.39 is 11.4 Å². The topological polar surface area (TPSA) is 41.5 Å². The van der Waals surface area contributed by atoms with E-state index in [0.717, 1.165) is 0 Å². The molecule has 5 heteroatoms.